The molecule has 8 heteroatoms. The molecule has 0 amide bonds. The van der Waals surface area contributed by atoms with Crippen molar-refractivity contribution in [1.82, 2.24) is 9.55 Å². The number of hydrogen-bond acceptors (Lipinski definition) is 5. The van der Waals surface area contributed by atoms with E-state index in [4.69, 9.17) is 28.6 Å². The van der Waals surface area contributed by atoms with E-state index in [0.29, 0.717) is 33.7 Å². The summed E-state index contributed by atoms with van der Waals surface area (Å²) in [4.78, 5) is 41.2. The number of nitrogens with one attached hydrogen (secondary N) is 1. The minimum Gasteiger partial charge on any atom is -0.465 e. The maximum absolute atomic E-state index is 12.9. The van der Waals surface area contributed by atoms with Gasteiger partial charge in [-0.1, -0.05) is 41.9 Å². The second-order valence-corrected chi connectivity index (χ2v) is 8.34. The van der Waals surface area contributed by atoms with Crippen molar-refractivity contribution in [1.29, 1.82) is 0 Å². The van der Waals surface area contributed by atoms with Gasteiger partial charge in [0.05, 0.1) is 23.6 Å². The molecule has 0 saturated heterocycles. The molecule has 1 heterocycles. The number of ether oxygens (including phenoxy) is 1. The Kier molecular flexibility index (Phi) is 6.26. The van der Waals surface area contributed by atoms with E-state index in [9.17, 15) is 14.4 Å². The normalized spacial score (nSPS) is 10.9. The number of nitrogens with zero attached hydrogens (tertiary/aromatic N) is 1. The Labute approximate surface area is 199 Å². The summed E-state index contributed by atoms with van der Waals surface area (Å²) in [7, 11) is 2.82. The lowest BCUT2D eigenvalue weighted by Gasteiger charge is -2.13. The molecule has 4 rings (SSSR count). The van der Waals surface area contributed by atoms with Crippen LogP contribution in [0.2, 0.25) is 5.02 Å². The van der Waals surface area contributed by atoms with Gasteiger partial charge in [-0.25, -0.2) is 4.79 Å². The SMILES string of the molecule is COC(=O)c1c(Cc2ccc(C(=O)c3ccc(Cl)cc3)cc2)ccc2[nH]c(=S)n(C)c(=O)c12. The summed E-state index contributed by atoms with van der Waals surface area (Å²) in [6, 6.07) is 17.3. The highest BCUT2D eigenvalue weighted by Gasteiger charge is 2.20. The van der Waals surface area contributed by atoms with Crippen LogP contribution in [-0.4, -0.2) is 28.4 Å². The maximum atomic E-state index is 12.9. The number of halogens is 1. The van der Waals surface area contributed by atoms with E-state index in [1.165, 1.54) is 11.7 Å². The highest BCUT2D eigenvalue weighted by Crippen LogP contribution is 2.23. The monoisotopic (exact) mass is 478 g/mol. The molecule has 166 valence electrons. The fourth-order valence-corrected chi connectivity index (χ4v) is 3.99. The van der Waals surface area contributed by atoms with Crippen molar-refractivity contribution in [3.8, 4) is 0 Å². The predicted molar refractivity (Wildman–Crippen MR) is 130 cm³/mol. The molecular weight excluding hydrogens is 460 g/mol. The number of carbonyl (C=O) groups is 2. The van der Waals surface area contributed by atoms with Gasteiger partial charge >= 0.3 is 5.97 Å². The lowest BCUT2D eigenvalue weighted by Crippen LogP contribution is -2.22. The van der Waals surface area contributed by atoms with Gasteiger partial charge in [-0.05, 0) is 60.1 Å². The number of ketones is 1. The van der Waals surface area contributed by atoms with Crippen molar-refractivity contribution in [3.05, 3.63) is 109 Å². The highest BCUT2D eigenvalue weighted by atomic mass is 35.5. The van der Waals surface area contributed by atoms with Gasteiger partial charge in [0.1, 0.15) is 0 Å². The number of fused-ring (bicyclic) bond motifs is 1. The topological polar surface area (TPSA) is 81.2 Å². The van der Waals surface area contributed by atoms with Crippen LogP contribution in [-0.2, 0) is 18.2 Å². The number of hydrogen-bond donors (Lipinski definition) is 1. The number of methoxy groups -OCH3 is 1. The van der Waals surface area contributed by atoms with Crippen LogP contribution < -0.4 is 5.56 Å². The molecule has 1 aromatic heterocycles. The zero-order valence-corrected chi connectivity index (χ0v) is 19.4. The Hall–Kier alpha value is -3.55. The average Bonchev–Trinajstić information content (AvgIpc) is 2.83. The first-order valence-corrected chi connectivity index (χ1v) is 10.8. The van der Waals surface area contributed by atoms with Crippen molar-refractivity contribution in [2.24, 2.45) is 7.05 Å². The lowest BCUT2D eigenvalue weighted by atomic mass is 9.95. The average molecular weight is 479 g/mol. The molecular formula is C25H19ClN2O4S. The quantitative estimate of drug-likeness (QED) is 0.252. The van der Waals surface area contributed by atoms with E-state index in [-0.39, 0.29) is 27.1 Å². The molecule has 0 aliphatic rings. The van der Waals surface area contributed by atoms with Crippen molar-refractivity contribution < 1.29 is 14.3 Å². The number of benzene rings is 3. The molecule has 0 spiro atoms. The Balaban J connectivity index is 1.72. The minimum absolute atomic E-state index is 0.113. The van der Waals surface area contributed by atoms with Crippen LogP contribution in [0.4, 0.5) is 0 Å². The standard InChI is InChI=1S/C25H19ClN2O4S/c1-28-23(30)21-19(27-25(28)33)12-9-17(20(21)24(31)32-2)13-14-3-5-15(6-4-14)22(29)16-7-10-18(26)11-8-16/h3-12H,13H2,1-2H3,(H,27,33). The fraction of sp³-hybridized carbons (Fsp3) is 0.120. The highest BCUT2D eigenvalue weighted by molar-refractivity contribution is 7.71. The Morgan fingerprint density at radius 2 is 1.61 bits per heavy atom. The van der Waals surface area contributed by atoms with E-state index in [2.05, 4.69) is 4.98 Å². The molecule has 0 fully saturated rings. The summed E-state index contributed by atoms with van der Waals surface area (Å²) in [5.41, 5.74) is 2.87. The van der Waals surface area contributed by atoms with E-state index in [1.54, 1.807) is 55.6 Å². The van der Waals surface area contributed by atoms with Gasteiger partial charge in [0, 0.05) is 23.2 Å². The van der Waals surface area contributed by atoms with Gasteiger partial charge in [0.25, 0.3) is 5.56 Å². The van der Waals surface area contributed by atoms with E-state index >= 15 is 0 Å². The predicted octanol–water partition coefficient (Wildman–Crippen LogP) is 4.86. The zero-order valence-electron chi connectivity index (χ0n) is 17.8. The molecule has 0 saturated carbocycles. The van der Waals surface area contributed by atoms with Crippen LogP contribution in [0.3, 0.4) is 0 Å². The summed E-state index contributed by atoms with van der Waals surface area (Å²) in [6.07, 6.45) is 0.370. The van der Waals surface area contributed by atoms with Gasteiger partial charge in [0.15, 0.2) is 10.6 Å². The van der Waals surface area contributed by atoms with Gasteiger partial charge in [-0.3, -0.25) is 14.2 Å². The number of aromatic nitrogens is 2. The van der Waals surface area contributed by atoms with Crippen LogP contribution in [0.5, 0.6) is 0 Å². The molecule has 0 atom stereocenters. The zero-order chi connectivity index (χ0) is 23.7. The largest absolute Gasteiger partial charge is 0.465 e. The molecule has 0 unspecified atom stereocenters. The van der Waals surface area contributed by atoms with Gasteiger partial charge in [0.2, 0.25) is 0 Å². The van der Waals surface area contributed by atoms with E-state index < -0.39 is 5.97 Å². The van der Waals surface area contributed by atoms with Crippen LogP contribution >= 0.6 is 23.8 Å². The summed E-state index contributed by atoms with van der Waals surface area (Å²) >= 11 is 11.1. The number of H-pyrrole nitrogens is 1. The molecule has 4 aromatic rings. The Morgan fingerprint density at radius 1 is 1.00 bits per heavy atom. The summed E-state index contributed by atoms with van der Waals surface area (Å²) in [5, 5.41) is 0.792. The summed E-state index contributed by atoms with van der Waals surface area (Å²) in [6.45, 7) is 0. The van der Waals surface area contributed by atoms with Crippen molar-refractivity contribution in [3.63, 3.8) is 0 Å². The van der Waals surface area contributed by atoms with Crippen molar-refractivity contribution >= 4 is 46.5 Å². The van der Waals surface area contributed by atoms with Crippen LogP contribution in [0.1, 0.15) is 37.4 Å². The second kappa shape index (κ2) is 9.13. The third kappa shape index (κ3) is 4.37. The first-order valence-electron chi connectivity index (χ1n) is 10.0. The van der Waals surface area contributed by atoms with Crippen LogP contribution in [0, 0.1) is 4.77 Å². The van der Waals surface area contributed by atoms with Crippen molar-refractivity contribution in [2.75, 3.05) is 7.11 Å². The first-order chi connectivity index (χ1) is 15.8. The van der Waals surface area contributed by atoms with Crippen molar-refractivity contribution in [2.45, 2.75) is 6.42 Å². The molecule has 33 heavy (non-hydrogen) atoms. The Bertz CT molecular complexity index is 1500. The van der Waals surface area contributed by atoms with Gasteiger partial charge in [-0.2, -0.15) is 0 Å². The van der Waals surface area contributed by atoms with E-state index in [1.807, 2.05) is 12.1 Å². The van der Waals surface area contributed by atoms with Gasteiger partial charge in [-0.15, -0.1) is 0 Å². The third-order valence-electron chi connectivity index (χ3n) is 5.46. The number of aromatic amines is 1. The smallest absolute Gasteiger partial charge is 0.339 e. The molecule has 3 aromatic carbocycles. The van der Waals surface area contributed by atoms with Gasteiger partial charge < -0.3 is 9.72 Å². The summed E-state index contributed by atoms with van der Waals surface area (Å²) < 4.78 is 6.52. The number of esters is 1. The number of rotatable bonds is 5. The minimum atomic E-state index is -0.604. The molecule has 0 aliphatic heterocycles. The molecule has 0 aliphatic carbocycles. The van der Waals surface area contributed by atoms with Crippen LogP contribution in [0.25, 0.3) is 10.9 Å². The Morgan fingerprint density at radius 3 is 2.21 bits per heavy atom. The van der Waals surface area contributed by atoms with E-state index in [0.717, 1.165) is 5.56 Å². The molecule has 1 N–H and O–H groups in total. The third-order valence-corrected chi connectivity index (χ3v) is 6.09. The molecule has 0 bridgehead atoms. The lowest BCUT2D eigenvalue weighted by molar-refractivity contribution is 0.0601. The second-order valence-electron chi connectivity index (χ2n) is 7.52. The van der Waals surface area contributed by atoms with Crippen LogP contribution in [0.15, 0.2) is 65.5 Å². The fourth-order valence-electron chi connectivity index (χ4n) is 3.68. The number of carbonyl (C=O) groups excluding carboxylic acids is 2. The molecule has 0 radical (unpaired) electrons. The molecule has 6 nitrogen and oxygen atoms in total. The first kappa shape index (κ1) is 22.6. The maximum Gasteiger partial charge on any atom is 0.339 e. The summed E-state index contributed by atoms with van der Waals surface area (Å²) in [5.74, 6) is -0.717.